The van der Waals surface area contributed by atoms with Crippen LogP contribution >= 0.6 is 22.9 Å². The molecule has 0 bridgehead atoms. The molecular weight excluding hydrogens is 451 g/mol. The number of aromatic hydroxyl groups is 1. The quantitative estimate of drug-likeness (QED) is 0.518. The van der Waals surface area contributed by atoms with E-state index in [1.54, 1.807) is 47.8 Å². The number of benzene rings is 2. The Morgan fingerprint density at radius 2 is 1.81 bits per heavy atom. The Hall–Kier alpha value is -2.88. The molecule has 2 heterocycles. The van der Waals surface area contributed by atoms with E-state index in [1.165, 1.54) is 18.2 Å². The molecule has 1 aromatic heterocycles. The zero-order chi connectivity index (χ0) is 22.2. The lowest BCUT2D eigenvalue weighted by molar-refractivity contribution is -0.254. The predicted octanol–water partition coefficient (Wildman–Crippen LogP) is 5.70. The normalized spacial score (nSPS) is 19.3. The topological polar surface area (TPSA) is 69.0 Å². The van der Waals surface area contributed by atoms with Crippen LogP contribution in [0.5, 0.6) is 5.75 Å². The molecule has 1 atom stereocenters. The zero-order valence-corrected chi connectivity index (χ0v) is 17.3. The first kappa shape index (κ1) is 21.4. The van der Waals surface area contributed by atoms with Gasteiger partial charge in [-0.1, -0.05) is 41.9 Å². The van der Waals surface area contributed by atoms with Gasteiger partial charge in [-0.2, -0.15) is 23.3 Å². The molecule has 1 aliphatic heterocycles. The Bertz CT molecular complexity index is 1160. The molecule has 0 spiro atoms. The van der Waals surface area contributed by atoms with E-state index < -0.39 is 18.3 Å². The number of thiazole rings is 1. The Labute approximate surface area is 184 Å². The van der Waals surface area contributed by atoms with Gasteiger partial charge in [0.05, 0.1) is 17.8 Å². The maximum absolute atomic E-state index is 13.8. The van der Waals surface area contributed by atoms with Gasteiger partial charge in [0.1, 0.15) is 5.75 Å². The van der Waals surface area contributed by atoms with E-state index in [0.29, 0.717) is 26.9 Å². The van der Waals surface area contributed by atoms with Crippen molar-refractivity contribution in [2.45, 2.75) is 18.3 Å². The summed E-state index contributed by atoms with van der Waals surface area (Å²) in [5.41, 5.74) is -1.72. The van der Waals surface area contributed by atoms with Crippen molar-refractivity contribution >= 4 is 39.9 Å². The number of rotatable bonds is 4. The molecule has 160 valence electrons. The van der Waals surface area contributed by atoms with Crippen molar-refractivity contribution in [2.75, 3.05) is 5.01 Å². The second-order valence-electron chi connectivity index (χ2n) is 6.81. The molecule has 0 radical (unpaired) electrons. The lowest BCUT2D eigenvalue weighted by Gasteiger charge is -2.32. The van der Waals surface area contributed by atoms with Crippen molar-refractivity contribution in [1.29, 1.82) is 0 Å². The Balaban J connectivity index is 1.68. The monoisotopic (exact) mass is 465 g/mol. The standard InChI is InChI=1S/C21H15ClF3N3O2S/c22-15-8-5-13(6-9-15)17-12-31-19(26-17)28-20(30,21(23,24)25)11-16(27-28)10-7-14-3-1-2-4-18(14)29/h1-10,12,29-30H,11H2/b10-7+/t20-/m0/s1. The number of nitrogens with zero attached hydrogens (tertiary/aromatic N) is 3. The molecule has 5 nitrogen and oxygen atoms in total. The minimum atomic E-state index is -4.98. The van der Waals surface area contributed by atoms with Crippen LogP contribution in [0.2, 0.25) is 5.02 Å². The summed E-state index contributed by atoms with van der Waals surface area (Å²) in [5, 5.41) is 26.8. The number of phenolic OH excluding ortho intramolecular Hbond substituents is 1. The van der Waals surface area contributed by atoms with E-state index in [2.05, 4.69) is 10.1 Å². The van der Waals surface area contributed by atoms with Gasteiger partial charge in [-0.05, 0) is 30.4 Å². The number of allylic oxidation sites excluding steroid dienone is 1. The third-order valence-corrected chi connectivity index (χ3v) is 5.73. The number of alkyl halides is 3. The summed E-state index contributed by atoms with van der Waals surface area (Å²) in [6.07, 6.45) is -2.99. The molecule has 31 heavy (non-hydrogen) atoms. The maximum Gasteiger partial charge on any atom is 0.438 e. The lowest BCUT2D eigenvalue weighted by atomic mass is 10.1. The van der Waals surface area contributed by atoms with Crippen LogP contribution in [-0.4, -0.2) is 32.8 Å². The highest BCUT2D eigenvalue weighted by atomic mass is 35.5. The van der Waals surface area contributed by atoms with Gasteiger partial charge in [0.15, 0.2) is 0 Å². The summed E-state index contributed by atoms with van der Waals surface area (Å²) in [5.74, 6) is -0.0205. The third kappa shape index (κ3) is 4.16. The van der Waals surface area contributed by atoms with Crippen molar-refractivity contribution in [3.63, 3.8) is 0 Å². The Morgan fingerprint density at radius 3 is 2.48 bits per heavy atom. The number of hydrazone groups is 1. The van der Waals surface area contributed by atoms with E-state index in [0.717, 1.165) is 11.3 Å². The van der Waals surface area contributed by atoms with Gasteiger partial charge in [0.25, 0.3) is 5.72 Å². The Morgan fingerprint density at radius 1 is 1.10 bits per heavy atom. The van der Waals surface area contributed by atoms with E-state index in [1.807, 2.05) is 0 Å². The van der Waals surface area contributed by atoms with E-state index >= 15 is 0 Å². The lowest BCUT2D eigenvalue weighted by Crippen LogP contribution is -2.55. The second-order valence-corrected chi connectivity index (χ2v) is 8.08. The fraction of sp³-hybridized carbons (Fsp3) is 0.143. The van der Waals surface area contributed by atoms with Crippen molar-refractivity contribution in [2.24, 2.45) is 5.10 Å². The van der Waals surface area contributed by atoms with Crippen LogP contribution in [-0.2, 0) is 0 Å². The molecule has 2 aromatic carbocycles. The summed E-state index contributed by atoms with van der Waals surface area (Å²) in [6.45, 7) is 0. The minimum absolute atomic E-state index is 0.00804. The molecule has 3 aromatic rings. The van der Waals surface area contributed by atoms with Crippen molar-refractivity contribution < 1.29 is 23.4 Å². The van der Waals surface area contributed by atoms with Crippen LogP contribution in [0.1, 0.15) is 12.0 Å². The number of para-hydroxylation sites is 1. The molecule has 4 rings (SSSR count). The molecule has 0 unspecified atom stereocenters. The molecule has 1 aliphatic rings. The van der Waals surface area contributed by atoms with Gasteiger partial charge in [-0.3, -0.25) is 0 Å². The number of anilines is 1. The predicted molar refractivity (Wildman–Crippen MR) is 115 cm³/mol. The van der Waals surface area contributed by atoms with Crippen LogP contribution in [0.15, 0.2) is 65.1 Å². The third-order valence-electron chi connectivity index (χ3n) is 4.67. The minimum Gasteiger partial charge on any atom is -0.507 e. The molecule has 10 heteroatoms. The SMILES string of the molecule is Oc1ccccc1/C=C/C1=NN(c2nc(-c3ccc(Cl)cc3)cs2)[C@@](O)(C(F)(F)F)C1. The first-order valence-corrected chi connectivity index (χ1v) is 10.3. The molecule has 2 N–H and O–H groups in total. The van der Waals surface area contributed by atoms with Crippen LogP contribution in [0.3, 0.4) is 0 Å². The van der Waals surface area contributed by atoms with E-state index in [4.69, 9.17) is 11.6 Å². The molecule has 0 saturated heterocycles. The maximum atomic E-state index is 13.8. The Kier molecular flexibility index (Phi) is 5.50. The number of hydrogen-bond acceptors (Lipinski definition) is 6. The highest BCUT2D eigenvalue weighted by molar-refractivity contribution is 7.14. The number of aromatic nitrogens is 1. The highest BCUT2D eigenvalue weighted by Gasteiger charge is 2.62. The summed E-state index contributed by atoms with van der Waals surface area (Å²) in [6, 6.07) is 13.1. The van der Waals surface area contributed by atoms with Crippen molar-refractivity contribution in [3.05, 3.63) is 70.6 Å². The smallest absolute Gasteiger partial charge is 0.438 e. The fourth-order valence-electron chi connectivity index (χ4n) is 3.02. The fourth-order valence-corrected chi connectivity index (χ4v) is 3.99. The number of halogens is 4. The average molecular weight is 466 g/mol. The van der Waals surface area contributed by atoms with E-state index in [-0.39, 0.29) is 16.6 Å². The van der Waals surface area contributed by atoms with E-state index in [9.17, 15) is 23.4 Å². The van der Waals surface area contributed by atoms with Gasteiger partial charge in [-0.25, -0.2) is 4.98 Å². The average Bonchev–Trinajstić information content (AvgIpc) is 3.33. The van der Waals surface area contributed by atoms with Crippen LogP contribution in [0, 0.1) is 0 Å². The molecule has 0 saturated carbocycles. The van der Waals surface area contributed by atoms with Crippen molar-refractivity contribution in [3.8, 4) is 17.0 Å². The second kappa shape index (κ2) is 7.99. The molecule has 0 fully saturated rings. The largest absolute Gasteiger partial charge is 0.507 e. The van der Waals surface area contributed by atoms with Crippen LogP contribution in [0.4, 0.5) is 18.3 Å². The first-order chi connectivity index (χ1) is 14.7. The number of phenols is 1. The van der Waals surface area contributed by atoms with Gasteiger partial charge in [0, 0.05) is 21.5 Å². The molecular formula is C21H15ClF3N3O2S. The molecule has 0 amide bonds. The summed E-state index contributed by atoms with van der Waals surface area (Å²) < 4.78 is 41.4. The summed E-state index contributed by atoms with van der Waals surface area (Å²) >= 11 is 6.81. The van der Waals surface area contributed by atoms with Crippen LogP contribution < -0.4 is 5.01 Å². The first-order valence-electron chi connectivity index (χ1n) is 9.02. The van der Waals surface area contributed by atoms with Gasteiger partial charge >= 0.3 is 6.18 Å². The van der Waals surface area contributed by atoms with Gasteiger partial charge in [-0.15, -0.1) is 11.3 Å². The highest BCUT2D eigenvalue weighted by Crippen LogP contribution is 2.44. The summed E-state index contributed by atoms with van der Waals surface area (Å²) in [7, 11) is 0. The zero-order valence-electron chi connectivity index (χ0n) is 15.7. The number of hydrogen-bond donors (Lipinski definition) is 2. The number of aliphatic hydroxyl groups is 1. The molecule has 0 aliphatic carbocycles. The summed E-state index contributed by atoms with van der Waals surface area (Å²) in [4.78, 5) is 4.24. The van der Waals surface area contributed by atoms with Crippen molar-refractivity contribution in [1.82, 2.24) is 4.98 Å². The van der Waals surface area contributed by atoms with Gasteiger partial charge < -0.3 is 10.2 Å². The van der Waals surface area contributed by atoms with Gasteiger partial charge in [0.2, 0.25) is 5.13 Å². The van der Waals surface area contributed by atoms with Crippen LogP contribution in [0.25, 0.3) is 17.3 Å².